The molecule has 0 spiro atoms. The number of fused-ring (bicyclic) bond motifs is 1. The Morgan fingerprint density at radius 1 is 1.20 bits per heavy atom. The highest BCUT2D eigenvalue weighted by Crippen LogP contribution is 2.17. The fraction of sp³-hybridized carbons (Fsp3) is 0.308. The second-order valence-electron chi connectivity index (χ2n) is 3.68. The van der Waals surface area contributed by atoms with E-state index in [4.69, 9.17) is 5.73 Å². The maximum absolute atomic E-state index is 5.54. The van der Waals surface area contributed by atoms with Crippen molar-refractivity contribution in [3.8, 4) is 0 Å². The van der Waals surface area contributed by atoms with E-state index in [0.717, 1.165) is 24.1 Å². The molecule has 0 saturated heterocycles. The van der Waals surface area contributed by atoms with Crippen molar-refractivity contribution in [1.29, 1.82) is 0 Å². The molecule has 0 fully saturated rings. The number of para-hydroxylation sites is 1. The van der Waals surface area contributed by atoms with Crippen LogP contribution in [-0.4, -0.2) is 11.5 Å². The van der Waals surface area contributed by atoms with Crippen LogP contribution in [0.2, 0.25) is 0 Å². The van der Waals surface area contributed by atoms with Gasteiger partial charge in [0.05, 0.1) is 5.52 Å². The molecule has 1 heterocycles. The molecule has 0 radical (unpaired) electrons. The summed E-state index contributed by atoms with van der Waals surface area (Å²) in [5.74, 6) is 0. The van der Waals surface area contributed by atoms with Gasteiger partial charge in [-0.15, -0.1) is 0 Å². The standard InChI is InChI=1S/C13H16N2/c1-2-10-4-3-5-11-6-7-12(8-9-14)15-13(10)11/h3-7H,2,8-9,14H2,1H3. The van der Waals surface area contributed by atoms with Gasteiger partial charge < -0.3 is 5.73 Å². The summed E-state index contributed by atoms with van der Waals surface area (Å²) in [5.41, 5.74) is 9.07. The molecule has 78 valence electrons. The molecule has 0 amide bonds. The van der Waals surface area contributed by atoms with E-state index in [1.54, 1.807) is 0 Å². The lowest BCUT2D eigenvalue weighted by Crippen LogP contribution is -2.04. The number of hydrogen-bond donors (Lipinski definition) is 1. The van der Waals surface area contributed by atoms with E-state index in [9.17, 15) is 0 Å². The molecule has 0 saturated carbocycles. The van der Waals surface area contributed by atoms with Gasteiger partial charge in [0.15, 0.2) is 0 Å². The molecule has 2 N–H and O–H groups in total. The first kappa shape index (κ1) is 10.1. The van der Waals surface area contributed by atoms with E-state index in [-0.39, 0.29) is 0 Å². The van der Waals surface area contributed by atoms with Crippen molar-refractivity contribution in [2.75, 3.05) is 6.54 Å². The van der Waals surface area contributed by atoms with Crippen molar-refractivity contribution < 1.29 is 0 Å². The zero-order chi connectivity index (χ0) is 10.7. The number of rotatable bonds is 3. The number of nitrogens with two attached hydrogens (primary N) is 1. The molecule has 0 unspecified atom stereocenters. The highest BCUT2D eigenvalue weighted by Gasteiger charge is 2.01. The Hall–Kier alpha value is -1.41. The van der Waals surface area contributed by atoms with E-state index in [2.05, 4.69) is 42.2 Å². The Kier molecular flexibility index (Phi) is 2.97. The van der Waals surface area contributed by atoms with E-state index >= 15 is 0 Å². The van der Waals surface area contributed by atoms with Crippen LogP contribution in [0.1, 0.15) is 18.2 Å². The number of benzene rings is 1. The Morgan fingerprint density at radius 3 is 2.80 bits per heavy atom. The Bertz CT molecular complexity index is 463. The summed E-state index contributed by atoms with van der Waals surface area (Å²) < 4.78 is 0. The van der Waals surface area contributed by atoms with Crippen LogP contribution in [0, 0.1) is 0 Å². The Labute approximate surface area is 90.1 Å². The number of aryl methyl sites for hydroxylation is 1. The van der Waals surface area contributed by atoms with Gasteiger partial charge in [-0.3, -0.25) is 4.98 Å². The van der Waals surface area contributed by atoms with Gasteiger partial charge in [-0.1, -0.05) is 31.2 Å². The van der Waals surface area contributed by atoms with Gasteiger partial charge in [-0.05, 0) is 24.6 Å². The van der Waals surface area contributed by atoms with Gasteiger partial charge in [0.2, 0.25) is 0 Å². The fourth-order valence-electron chi connectivity index (χ4n) is 1.82. The molecule has 2 aromatic rings. The highest BCUT2D eigenvalue weighted by atomic mass is 14.7. The molecule has 0 aliphatic rings. The van der Waals surface area contributed by atoms with Crippen molar-refractivity contribution in [2.45, 2.75) is 19.8 Å². The van der Waals surface area contributed by atoms with Crippen molar-refractivity contribution >= 4 is 10.9 Å². The van der Waals surface area contributed by atoms with Gasteiger partial charge in [0.1, 0.15) is 0 Å². The summed E-state index contributed by atoms with van der Waals surface area (Å²) >= 11 is 0. The zero-order valence-corrected chi connectivity index (χ0v) is 9.03. The summed E-state index contributed by atoms with van der Waals surface area (Å²) in [4.78, 5) is 4.66. The minimum Gasteiger partial charge on any atom is -0.330 e. The van der Waals surface area contributed by atoms with E-state index < -0.39 is 0 Å². The van der Waals surface area contributed by atoms with Crippen molar-refractivity contribution in [1.82, 2.24) is 4.98 Å². The quantitative estimate of drug-likeness (QED) is 0.825. The van der Waals surface area contributed by atoms with E-state index in [1.165, 1.54) is 10.9 Å². The smallest absolute Gasteiger partial charge is 0.0737 e. The van der Waals surface area contributed by atoms with Gasteiger partial charge in [-0.2, -0.15) is 0 Å². The van der Waals surface area contributed by atoms with Crippen LogP contribution in [0.4, 0.5) is 0 Å². The van der Waals surface area contributed by atoms with Crippen LogP contribution in [0.15, 0.2) is 30.3 Å². The number of aromatic nitrogens is 1. The van der Waals surface area contributed by atoms with Crippen LogP contribution in [-0.2, 0) is 12.8 Å². The first-order chi connectivity index (χ1) is 7.35. The molecule has 2 rings (SSSR count). The predicted octanol–water partition coefficient (Wildman–Crippen LogP) is 2.30. The molecule has 2 nitrogen and oxygen atoms in total. The van der Waals surface area contributed by atoms with Crippen molar-refractivity contribution in [2.24, 2.45) is 5.73 Å². The lowest BCUT2D eigenvalue weighted by Gasteiger charge is -2.05. The van der Waals surface area contributed by atoms with E-state index in [0.29, 0.717) is 6.54 Å². The molecule has 1 aromatic carbocycles. The molecule has 0 atom stereocenters. The minimum absolute atomic E-state index is 0.660. The minimum atomic E-state index is 0.660. The SMILES string of the molecule is CCc1cccc2ccc(CCN)nc12. The van der Waals surface area contributed by atoms with Gasteiger partial charge >= 0.3 is 0 Å². The summed E-state index contributed by atoms with van der Waals surface area (Å²) in [6, 6.07) is 10.5. The third-order valence-electron chi connectivity index (χ3n) is 2.64. The van der Waals surface area contributed by atoms with Crippen molar-refractivity contribution in [3.63, 3.8) is 0 Å². The summed E-state index contributed by atoms with van der Waals surface area (Å²) in [5, 5.41) is 1.22. The van der Waals surface area contributed by atoms with Crippen LogP contribution in [0.3, 0.4) is 0 Å². The second-order valence-corrected chi connectivity index (χ2v) is 3.68. The lowest BCUT2D eigenvalue weighted by molar-refractivity contribution is 0.930. The van der Waals surface area contributed by atoms with Gasteiger partial charge in [0.25, 0.3) is 0 Å². The molecule has 0 bridgehead atoms. The molecule has 0 aliphatic heterocycles. The average molecular weight is 200 g/mol. The maximum atomic E-state index is 5.54. The topological polar surface area (TPSA) is 38.9 Å². The predicted molar refractivity (Wildman–Crippen MR) is 63.9 cm³/mol. The third-order valence-corrected chi connectivity index (χ3v) is 2.64. The van der Waals surface area contributed by atoms with E-state index in [1.807, 2.05) is 0 Å². The number of nitrogens with zero attached hydrogens (tertiary/aromatic N) is 1. The first-order valence-electron chi connectivity index (χ1n) is 5.42. The lowest BCUT2D eigenvalue weighted by atomic mass is 10.1. The molecule has 1 aromatic heterocycles. The number of hydrogen-bond acceptors (Lipinski definition) is 2. The van der Waals surface area contributed by atoms with Crippen LogP contribution < -0.4 is 5.73 Å². The second kappa shape index (κ2) is 4.41. The van der Waals surface area contributed by atoms with Gasteiger partial charge in [0, 0.05) is 17.5 Å². The largest absolute Gasteiger partial charge is 0.330 e. The normalized spacial score (nSPS) is 10.8. The summed E-state index contributed by atoms with van der Waals surface area (Å²) in [7, 11) is 0. The molecular formula is C13H16N2. The zero-order valence-electron chi connectivity index (χ0n) is 9.03. The van der Waals surface area contributed by atoms with Gasteiger partial charge in [-0.25, -0.2) is 0 Å². The molecule has 15 heavy (non-hydrogen) atoms. The Balaban J connectivity index is 2.57. The monoisotopic (exact) mass is 200 g/mol. The van der Waals surface area contributed by atoms with Crippen LogP contribution >= 0.6 is 0 Å². The number of pyridine rings is 1. The maximum Gasteiger partial charge on any atom is 0.0737 e. The molecule has 2 heteroatoms. The Morgan fingerprint density at radius 2 is 2.07 bits per heavy atom. The first-order valence-corrected chi connectivity index (χ1v) is 5.42. The highest BCUT2D eigenvalue weighted by molar-refractivity contribution is 5.81. The third kappa shape index (κ3) is 2.00. The van der Waals surface area contributed by atoms with Crippen molar-refractivity contribution in [3.05, 3.63) is 41.6 Å². The van der Waals surface area contributed by atoms with Crippen LogP contribution in [0.5, 0.6) is 0 Å². The molecule has 0 aliphatic carbocycles. The fourth-order valence-corrected chi connectivity index (χ4v) is 1.82. The average Bonchev–Trinajstić information content (AvgIpc) is 2.28. The molecular weight excluding hydrogens is 184 g/mol. The summed E-state index contributed by atoms with van der Waals surface area (Å²) in [6.07, 6.45) is 1.88. The summed E-state index contributed by atoms with van der Waals surface area (Å²) in [6.45, 7) is 2.82. The van der Waals surface area contributed by atoms with Crippen LogP contribution in [0.25, 0.3) is 10.9 Å².